The quantitative estimate of drug-likeness (QED) is 0.748. The molecule has 0 amide bonds. The van der Waals surface area contributed by atoms with Crippen molar-refractivity contribution < 1.29 is 0 Å². The van der Waals surface area contributed by atoms with Gasteiger partial charge in [0.15, 0.2) is 0 Å². The van der Waals surface area contributed by atoms with E-state index in [0.29, 0.717) is 0 Å². The maximum Gasteiger partial charge on any atom is 0.0858 e. The number of nitrogens with zero attached hydrogens (tertiary/aromatic N) is 2. The van der Waals surface area contributed by atoms with E-state index in [1.165, 1.54) is 42.7 Å². The average molecular weight is 248 g/mol. The second kappa shape index (κ2) is 4.02. The molecule has 0 unspecified atom stereocenters. The Balaban J connectivity index is 1.92. The van der Waals surface area contributed by atoms with Crippen molar-refractivity contribution in [1.82, 2.24) is 4.98 Å². The van der Waals surface area contributed by atoms with Crippen molar-refractivity contribution in [1.29, 1.82) is 0 Å². The van der Waals surface area contributed by atoms with Crippen LogP contribution in [-0.4, -0.2) is 10.7 Å². The number of benzene rings is 1. The Labute approximate surface area is 113 Å². The van der Waals surface area contributed by atoms with Crippen molar-refractivity contribution in [2.24, 2.45) is 4.99 Å². The maximum absolute atomic E-state index is 4.91. The average Bonchev–Trinajstić information content (AvgIpc) is 3.08. The van der Waals surface area contributed by atoms with Crippen LogP contribution in [0.4, 0.5) is 5.69 Å². The van der Waals surface area contributed by atoms with E-state index in [-0.39, 0.29) is 5.41 Å². The molecule has 4 rings (SSSR count). The third-order valence-corrected chi connectivity index (χ3v) is 4.43. The first-order valence-electron chi connectivity index (χ1n) is 7.00. The molecule has 94 valence electrons. The van der Waals surface area contributed by atoms with Crippen molar-refractivity contribution >= 4 is 11.4 Å². The molecule has 1 spiro atoms. The van der Waals surface area contributed by atoms with Crippen LogP contribution in [0.2, 0.25) is 0 Å². The van der Waals surface area contributed by atoms with Gasteiger partial charge in [-0.1, -0.05) is 43.2 Å². The Morgan fingerprint density at radius 2 is 1.68 bits per heavy atom. The van der Waals surface area contributed by atoms with Gasteiger partial charge in [0.05, 0.1) is 22.5 Å². The van der Waals surface area contributed by atoms with Gasteiger partial charge in [0.2, 0.25) is 0 Å². The fourth-order valence-electron chi connectivity index (χ4n) is 3.58. The van der Waals surface area contributed by atoms with Crippen molar-refractivity contribution in [2.75, 3.05) is 0 Å². The molecule has 1 saturated carbocycles. The Morgan fingerprint density at radius 3 is 2.47 bits per heavy atom. The lowest BCUT2D eigenvalue weighted by atomic mass is 9.76. The number of pyridine rings is 1. The zero-order chi connectivity index (χ0) is 12.7. The van der Waals surface area contributed by atoms with Gasteiger partial charge in [-0.3, -0.25) is 4.98 Å². The number of hydrogen-bond donors (Lipinski definition) is 0. The van der Waals surface area contributed by atoms with Crippen molar-refractivity contribution in [3.8, 4) is 0 Å². The minimum absolute atomic E-state index is 0.0813. The molecule has 0 radical (unpaired) electrons. The Hall–Kier alpha value is -1.96. The first-order valence-corrected chi connectivity index (χ1v) is 7.00. The van der Waals surface area contributed by atoms with Crippen LogP contribution in [0.3, 0.4) is 0 Å². The number of fused-ring (bicyclic) bond motifs is 2. The van der Waals surface area contributed by atoms with E-state index in [4.69, 9.17) is 4.99 Å². The summed E-state index contributed by atoms with van der Waals surface area (Å²) < 4.78 is 0. The molecule has 2 aromatic rings. The van der Waals surface area contributed by atoms with Gasteiger partial charge in [0, 0.05) is 6.20 Å². The third-order valence-electron chi connectivity index (χ3n) is 4.43. The highest BCUT2D eigenvalue weighted by molar-refractivity contribution is 6.12. The Bertz CT molecular complexity index is 637. The second-order valence-corrected chi connectivity index (χ2v) is 5.49. The number of aromatic nitrogens is 1. The summed E-state index contributed by atoms with van der Waals surface area (Å²) >= 11 is 0. The Morgan fingerprint density at radius 1 is 0.895 bits per heavy atom. The number of hydrogen-bond acceptors (Lipinski definition) is 2. The molecule has 1 aromatic heterocycles. The van der Waals surface area contributed by atoms with E-state index < -0.39 is 0 Å². The zero-order valence-electron chi connectivity index (χ0n) is 10.8. The number of rotatable bonds is 1. The van der Waals surface area contributed by atoms with E-state index in [9.17, 15) is 0 Å². The normalized spacial score (nSPS) is 19.5. The highest BCUT2D eigenvalue weighted by Gasteiger charge is 2.46. The van der Waals surface area contributed by atoms with Crippen LogP contribution >= 0.6 is 0 Å². The molecule has 2 aliphatic rings. The topological polar surface area (TPSA) is 25.2 Å². The van der Waals surface area contributed by atoms with Gasteiger partial charge in [-0.05, 0) is 30.5 Å². The van der Waals surface area contributed by atoms with Crippen LogP contribution in [-0.2, 0) is 5.41 Å². The smallest absolute Gasteiger partial charge is 0.0858 e. The fraction of sp³-hybridized carbons (Fsp3) is 0.294. The molecule has 1 fully saturated rings. The summed E-state index contributed by atoms with van der Waals surface area (Å²) in [5.74, 6) is 0. The van der Waals surface area contributed by atoms with E-state index in [2.05, 4.69) is 41.4 Å². The van der Waals surface area contributed by atoms with Gasteiger partial charge in [0.25, 0.3) is 0 Å². The molecular weight excluding hydrogens is 232 g/mol. The summed E-state index contributed by atoms with van der Waals surface area (Å²) in [5.41, 5.74) is 4.84. The molecule has 19 heavy (non-hydrogen) atoms. The van der Waals surface area contributed by atoms with E-state index >= 15 is 0 Å². The van der Waals surface area contributed by atoms with Crippen LogP contribution < -0.4 is 0 Å². The van der Waals surface area contributed by atoms with Gasteiger partial charge >= 0.3 is 0 Å². The SMILES string of the molecule is c1ccc(C2=Nc3cccnc3C23CCCC3)cc1. The molecule has 1 aliphatic heterocycles. The molecule has 0 atom stereocenters. The van der Waals surface area contributed by atoms with E-state index in [0.717, 1.165) is 5.69 Å². The van der Waals surface area contributed by atoms with Crippen molar-refractivity contribution in [2.45, 2.75) is 31.1 Å². The molecule has 1 aromatic carbocycles. The summed E-state index contributed by atoms with van der Waals surface area (Å²) in [6, 6.07) is 14.7. The molecule has 2 heterocycles. The fourth-order valence-corrected chi connectivity index (χ4v) is 3.58. The lowest BCUT2D eigenvalue weighted by molar-refractivity contribution is 0.594. The first-order chi connectivity index (χ1) is 9.40. The standard InChI is InChI=1S/C17H16N2/c1-2-7-13(8-3-1)15-17(10-4-5-11-17)16-14(19-15)9-6-12-18-16/h1-3,6-9,12H,4-5,10-11H2. The van der Waals surface area contributed by atoms with Gasteiger partial charge < -0.3 is 0 Å². The van der Waals surface area contributed by atoms with E-state index in [1.54, 1.807) is 0 Å². The monoisotopic (exact) mass is 248 g/mol. The summed E-state index contributed by atoms with van der Waals surface area (Å²) in [5, 5.41) is 0. The molecule has 2 heteroatoms. The summed E-state index contributed by atoms with van der Waals surface area (Å²) in [6.45, 7) is 0. The van der Waals surface area contributed by atoms with E-state index in [1.807, 2.05) is 12.3 Å². The minimum Gasteiger partial charge on any atom is -0.258 e. The summed E-state index contributed by atoms with van der Waals surface area (Å²) in [6.07, 6.45) is 6.83. The van der Waals surface area contributed by atoms with Crippen LogP contribution in [0.5, 0.6) is 0 Å². The van der Waals surface area contributed by atoms with Crippen molar-refractivity contribution in [3.05, 3.63) is 59.9 Å². The minimum atomic E-state index is 0.0813. The Kier molecular flexibility index (Phi) is 2.31. The molecule has 1 aliphatic carbocycles. The predicted octanol–water partition coefficient (Wildman–Crippen LogP) is 4.03. The zero-order valence-corrected chi connectivity index (χ0v) is 10.8. The lowest BCUT2D eigenvalue weighted by Crippen LogP contribution is -2.31. The third kappa shape index (κ3) is 1.49. The van der Waals surface area contributed by atoms with Crippen LogP contribution in [0.25, 0.3) is 0 Å². The summed E-state index contributed by atoms with van der Waals surface area (Å²) in [7, 11) is 0. The van der Waals surface area contributed by atoms with Crippen LogP contribution in [0, 0.1) is 0 Å². The van der Waals surface area contributed by atoms with Crippen molar-refractivity contribution in [3.63, 3.8) is 0 Å². The highest BCUT2D eigenvalue weighted by Crippen LogP contribution is 2.50. The number of aliphatic imine (C=N–C) groups is 1. The van der Waals surface area contributed by atoms with Crippen LogP contribution in [0.15, 0.2) is 53.7 Å². The highest BCUT2D eigenvalue weighted by atomic mass is 14.9. The lowest BCUT2D eigenvalue weighted by Gasteiger charge is -2.25. The van der Waals surface area contributed by atoms with Gasteiger partial charge in [-0.2, -0.15) is 0 Å². The molecule has 0 bridgehead atoms. The molecular formula is C17H16N2. The largest absolute Gasteiger partial charge is 0.258 e. The first kappa shape index (κ1) is 10.9. The van der Waals surface area contributed by atoms with Gasteiger partial charge in [-0.25, -0.2) is 4.99 Å². The van der Waals surface area contributed by atoms with Gasteiger partial charge in [0.1, 0.15) is 0 Å². The molecule has 0 N–H and O–H groups in total. The summed E-state index contributed by atoms with van der Waals surface area (Å²) in [4.78, 5) is 9.57. The molecule has 0 saturated heterocycles. The maximum atomic E-state index is 4.91. The van der Waals surface area contributed by atoms with Crippen LogP contribution in [0.1, 0.15) is 36.9 Å². The molecule has 2 nitrogen and oxygen atoms in total. The second-order valence-electron chi connectivity index (χ2n) is 5.49. The van der Waals surface area contributed by atoms with Gasteiger partial charge in [-0.15, -0.1) is 0 Å². The predicted molar refractivity (Wildman–Crippen MR) is 77.0 cm³/mol.